The Balaban J connectivity index is 2.82. The number of pyridine rings is 1. The van der Waals surface area contributed by atoms with E-state index < -0.39 is 10.0 Å². The molecule has 0 spiro atoms. The number of halogens is 1. The van der Waals surface area contributed by atoms with Gasteiger partial charge in [0, 0.05) is 12.7 Å². The second-order valence-corrected chi connectivity index (χ2v) is 6.14. The Bertz CT molecular complexity index is 414. The summed E-state index contributed by atoms with van der Waals surface area (Å²) in [7, 11) is -3.41. The molecule has 0 aliphatic carbocycles. The van der Waals surface area contributed by atoms with Crippen molar-refractivity contribution in [2.75, 3.05) is 6.54 Å². The summed E-state index contributed by atoms with van der Waals surface area (Å²) in [6, 6.07) is 3.11. The zero-order chi connectivity index (χ0) is 11.5. The summed E-state index contributed by atoms with van der Waals surface area (Å²) in [4.78, 5) is 4.06. The molecule has 6 heteroatoms. The monoisotopic (exact) mass is 292 g/mol. The maximum absolute atomic E-state index is 11.7. The molecule has 1 aromatic heterocycles. The lowest BCUT2D eigenvalue weighted by atomic mass is 10.2. The average molecular weight is 293 g/mol. The molecule has 0 unspecified atom stereocenters. The van der Waals surface area contributed by atoms with E-state index in [0.29, 0.717) is 11.1 Å². The fourth-order valence-electron chi connectivity index (χ4n) is 0.881. The molecule has 0 aromatic carbocycles. The lowest BCUT2D eigenvalue weighted by Gasteiger charge is -2.08. The van der Waals surface area contributed by atoms with Gasteiger partial charge >= 0.3 is 0 Å². The minimum atomic E-state index is -3.41. The first kappa shape index (κ1) is 12.6. The van der Waals surface area contributed by atoms with Crippen LogP contribution in [-0.2, 0) is 10.0 Å². The van der Waals surface area contributed by atoms with Crippen molar-refractivity contribution in [1.29, 1.82) is 0 Å². The molecule has 1 N–H and O–H groups in total. The van der Waals surface area contributed by atoms with E-state index >= 15 is 0 Å². The molecule has 1 heterocycles. The minimum Gasteiger partial charge on any atom is -0.248 e. The maximum atomic E-state index is 11.7. The van der Waals surface area contributed by atoms with Gasteiger partial charge in [0.1, 0.15) is 9.50 Å². The number of hydrogen-bond acceptors (Lipinski definition) is 3. The standard InChI is InChI=1S/C9H13BrN2O2S/c1-7(2)5-12-15(13,14)8-3-4-9(10)11-6-8/h3-4,6-7,12H,5H2,1-2H3. The molecule has 0 fully saturated rings. The summed E-state index contributed by atoms with van der Waals surface area (Å²) in [5.41, 5.74) is 0. The van der Waals surface area contributed by atoms with Crippen molar-refractivity contribution < 1.29 is 8.42 Å². The molecule has 0 saturated carbocycles. The van der Waals surface area contributed by atoms with E-state index in [2.05, 4.69) is 25.6 Å². The summed E-state index contributed by atoms with van der Waals surface area (Å²) in [5, 5.41) is 0. The predicted octanol–water partition coefficient (Wildman–Crippen LogP) is 1.78. The van der Waals surface area contributed by atoms with E-state index in [1.54, 1.807) is 6.07 Å². The van der Waals surface area contributed by atoms with Gasteiger partial charge in [-0.3, -0.25) is 0 Å². The predicted molar refractivity (Wildman–Crippen MR) is 62.0 cm³/mol. The summed E-state index contributed by atoms with van der Waals surface area (Å²) in [5.74, 6) is 0.281. The molecular weight excluding hydrogens is 280 g/mol. The van der Waals surface area contributed by atoms with E-state index in [9.17, 15) is 8.42 Å². The van der Waals surface area contributed by atoms with Crippen LogP contribution in [-0.4, -0.2) is 19.9 Å². The van der Waals surface area contributed by atoms with E-state index in [0.717, 1.165) is 0 Å². The van der Waals surface area contributed by atoms with Crippen LogP contribution < -0.4 is 4.72 Å². The quantitative estimate of drug-likeness (QED) is 0.861. The van der Waals surface area contributed by atoms with Gasteiger partial charge in [-0.2, -0.15) is 0 Å². The van der Waals surface area contributed by atoms with E-state index in [1.807, 2.05) is 13.8 Å². The number of sulfonamides is 1. The van der Waals surface area contributed by atoms with Crippen LogP contribution in [0, 0.1) is 5.92 Å². The van der Waals surface area contributed by atoms with E-state index in [1.165, 1.54) is 12.3 Å². The van der Waals surface area contributed by atoms with Gasteiger partial charge < -0.3 is 0 Å². The van der Waals surface area contributed by atoms with Gasteiger partial charge in [0.25, 0.3) is 0 Å². The lowest BCUT2D eigenvalue weighted by Crippen LogP contribution is -2.27. The first-order valence-corrected chi connectivity index (χ1v) is 6.80. The molecule has 84 valence electrons. The topological polar surface area (TPSA) is 59.1 Å². The first-order valence-electron chi connectivity index (χ1n) is 4.53. The van der Waals surface area contributed by atoms with Gasteiger partial charge in [0.15, 0.2) is 0 Å². The van der Waals surface area contributed by atoms with Gasteiger partial charge in [-0.1, -0.05) is 13.8 Å². The largest absolute Gasteiger partial charge is 0.248 e. The van der Waals surface area contributed by atoms with Crippen LogP contribution in [0.25, 0.3) is 0 Å². The van der Waals surface area contributed by atoms with Crippen LogP contribution in [0.15, 0.2) is 27.8 Å². The summed E-state index contributed by atoms with van der Waals surface area (Å²) in [6.45, 7) is 4.32. The van der Waals surface area contributed by atoms with Crippen LogP contribution in [0.5, 0.6) is 0 Å². The Morgan fingerprint density at radius 1 is 1.47 bits per heavy atom. The molecule has 0 aliphatic rings. The number of hydrogen-bond donors (Lipinski definition) is 1. The number of nitrogens with zero attached hydrogens (tertiary/aromatic N) is 1. The van der Waals surface area contributed by atoms with Crippen LogP contribution in [0.4, 0.5) is 0 Å². The van der Waals surface area contributed by atoms with Crippen molar-refractivity contribution in [2.24, 2.45) is 5.92 Å². The van der Waals surface area contributed by atoms with E-state index in [-0.39, 0.29) is 10.8 Å². The lowest BCUT2D eigenvalue weighted by molar-refractivity contribution is 0.560. The molecular formula is C9H13BrN2O2S. The Labute approximate surface area is 98.3 Å². The van der Waals surface area contributed by atoms with Gasteiger partial charge in [0.05, 0.1) is 0 Å². The first-order chi connectivity index (χ1) is 6.92. The van der Waals surface area contributed by atoms with E-state index in [4.69, 9.17) is 0 Å². The highest BCUT2D eigenvalue weighted by Crippen LogP contribution is 2.11. The van der Waals surface area contributed by atoms with Gasteiger partial charge in [0.2, 0.25) is 10.0 Å². The Hall–Kier alpha value is -0.460. The van der Waals surface area contributed by atoms with Crippen molar-refractivity contribution in [3.05, 3.63) is 22.9 Å². The highest BCUT2D eigenvalue weighted by Gasteiger charge is 2.13. The summed E-state index contributed by atoms with van der Waals surface area (Å²) >= 11 is 3.15. The SMILES string of the molecule is CC(C)CNS(=O)(=O)c1ccc(Br)nc1. The zero-order valence-electron chi connectivity index (χ0n) is 8.57. The third-order valence-corrected chi connectivity index (χ3v) is 3.57. The van der Waals surface area contributed by atoms with Crippen molar-refractivity contribution in [2.45, 2.75) is 18.7 Å². The van der Waals surface area contributed by atoms with Gasteiger partial charge in [-0.15, -0.1) is 0 Å². The van der Waals surface area contributed by atoms with Crippen LogP contribution in [0.3, 0.4) is 0 Å². The van der Waals surface area contributed by atoms with Crippen molar-refractivity contribution in [3.63, 3.8) is 0 Å². The third kappa shape index (κ3) is 3.89. The molecule has 0 aliphatic heterocycles. The highest BCUT2D eigenvalue weighted by molar-refractivity contribution is 9.10. The Morgan fingerprint density at radius 3 is 2.60 bits per heavy atom. The van der Waals surface area contributed by atoms with Crippen molar-refractivity contribution >= 4 is 26.0 Å². The van der Waals surface area contributed by atoms with Crippen molar-refractivity contribution in [3.8, 4) is 0 Å². The third-order valence-electron chi connectivity index (χ3n) is 1.69. The molecule has 4 nitrogen and oxygen atoms in total. The molecule has 0 bridgehead atoms. The zero-order valence-corrected chi connectivity index (χ0v) is 11.0. The van der Waals surface area contributed by atoms with Crippen LogP contribution in [0.1, 0.15) is 13.8 Å². The molecule has 15 heavy (non-hydrogen) atoms. The average Bonchev–Trinajstić information content (AvgIpc) is 2.16. The summed E-state index contributed by atoms with van der Waals surface area (Å²) in [6.07, 6.45) is 1.33. The fourth-order valence-corrected chi connectivity index (χ4v) is 2.27. The van der Waals surface area contributed by atoms with Gasteiger partial charge in [-0.25, -0.2) is 18.1 Å². The van der Waals surface area contributed by atoms with Crippen LogP contribution in [0.2, 0.25) is 0 Å². The normalized spacial score (nSPS) is 12.0. The summed E-state index contributed by atoms with van der Waals surface area (Å²) < 4.78 is 26.5. The van der Waals surface area contributed by atoms with Crippen LogP contribution >= 0.6 is 15.9 Å². The smallest absolute Gasteiger partial charge is 0.242 e. The molecule has 1 aromatic rings. The second-order valence-electron chi connectivity index (χ2n) is 3.56. The minimum absolute atomic E-state index is 0.186. The Kier molecular flexibility index (Phi) is 4.24. The maximum Gasteiger partial charge on any atom is 0.242 e. The van der Waals surface area contributed by atoms with Gasteiger partial charge in [-0.05, 0) is 34.0 Å². The number of aromatic nitrogens is 1. The Morgan fingerprint density at radius 2 is 2.13 bits per heavy atom. The van der Waals surface area contributed by atoms with Crippen molar-refractivity contribution in [1.82, 2.24) is 9.71 Å². The molecule has 0 atom stereocenters. The number of rotatable bonds is 4. The number of nitrogens with one attached hydrogen (secondary N) is 1. The molecule has 0 saturated heterocycles. The molecule has 0 amide bonds. The second kappa shape index (κ2) is 5.05. The highest BCUT2D eigenvalue weighted by atomic mass is 79.9. The fraction of sp³-hybridized carbons (Fsp3) is 0.444. The molecule has 0 radical (unpaired) electrons. The molecule has 1 rings (SSSR count).